The van der Waals surface area contributed by atoms with Crippen molar-refractivity contribution in [2.24, 2.45) is 0 Å². The maximum absolute atomic E-state index is 9.42. The number of hydrogen-bond acceptors (Lipinski definition) is 5. The molecule has 1 aliphatic heterocycles. The van der Waals surface area contributed by atoms with Gasteiger partial charge in [0.2, 0.25) is 0 Å². The molecule has 110 valence electrons. The van der Waals surface area contributed by atoms with E-state index in [2.05, 4.69) is 5.16 Å². The van der Waals surface area contributed by atoms with Gasteiger partial charge in [0, 0.05) is 11.6 Å². The lowest BCUT2D eigenvalue weighted by Crippen LogP contribution is -2.04. The van der Waals surface area contributed by atoms with E-state index in [9.17, 15) is 5.11 Å². The molecule has 2 unspecified atom stereocenters. The van der Waals surface area contributed by atoms with Gasteiger partial charge in [0.25, 0.3) is 0 Å². The van der Waals surface area contributed by atoms with E-state index in [4.69, 9.17) is 14.0 Å². The zero-order valence-corrected chi connectivity index (χ0v) is 11.7. The number of para-hydroxylation sites is 1. The molecule has 0 saturated carbocycles. The molecule has 2 aromatic rings. The predicted molar refractivity (Wildman–Crippen MR) is 77.7 cm³/mol. The lowest BCUT2D eigenvalue weighted by molar-refractivity contribution is 0.188. The Morgan fingerprint density at radius 1 is 1.43 bits per heavy atom. The van der Waals surface area contributed by atoms with Crippen molar-refractivity contribution in [1.29, 1.82) is 0 Å². The summed E-state index contributed by atoms with van der Waals surface area (Å²) in [5.41, 5.74) is 1.47. The number of aromatic nitrogens is 1. The molecule has 1 aromatic heterocycles. The van der Waals surface area contributed by atoms with E-state index in [1.807, 2.05) is 30.3 Å². The minimum Gasteiger partial charge on any atom is -0.490 e. The molecule has 1 N–H and O–H groups in total. The summed E-state index contributed by atoms with van der Waals surface area (Å²) in [7, 11) is 0. The zero-order valence-electron chi connectivity index (χ0n) is 11.7. The van der Waals surface area contributed by atoms with Gasteiger partial charge < -0.3 is 19.1 Å². The Bertz CT molecular complexity index is 629. The number of rotatable bonds is 6. The third-order valence-corrected chi connectivity index (χ3v) is 3.15. The van der Waals surface area contributed by atoms with Gasteiger partial charge in [0.05, 0.1) is 12.7 Å². The number of aliphatic hydroxyl groups is 1. The molecule has 1 saturated heterocycles. The highest BCUT2D eigenvalue weighted by atomic mass is 16.6. The summed E-state index contributed by atoms with van der Waals surface area (Å²) in [5, 5.41) is 13.2. The van der Waals surface area contributed by atoms with E-state index in [0.717, 1.165) is 17.9 Å². The lowest BCUT2D eigenvalue weighted by Gasteiger charge is -2.07. The molecule has 2 atom stereocenters. The largest absolute Gasteiger partial charge is 0.490 e. The van der Waals surface area contributed by atoms with Crippen molar-refractivity contribution < 1.29 is 19.1 Å². The number of hydrogen-bond donors (Lipinski definition) is 1. The molecule has 1 aliphatic rings. The van der Waals surface area contributed by atoms with E-state index in [1.165, 1.54) is 0 Å². The van der Waals surface area contributed by atoms with Crippen LogP contribution < -0.4 is 4.74 Å². The molecule has 1 fully saturated rings. The summed E-state index contributed by atoms with van der Waals surface area (Å²) in [6, 6.07) is 9.47. The summed E-state index contributed by atoms with van der Waals surface area (Å²) < 4.78 is 16.0. The minimum atomic E-state index is -0.634. The summed E-state index contributed by atoms with van der Waals surface area (Å²) in [5.74, 6) is 1.39. The van der Waals surface area contributed by atoms with Gasteiger partial charge in [-0.15, -0.1) is 0 Å². The summed E-state index contributed by atoms with van der Waals surface area (Å²) >= 11 is 0. The molecule has 5 heteroatoms. The Labute approximate surface area is 122 Å². The van der Waals surface area contributed by atoms with Gasteiger partial charge in [0.15, 0.2) is 5.76 Å². The van der Waals surface area contributed by atoms with Gasteiger partial charge in [-0.25, -0.2) is 0 Å². The first-order chi connectivity index (χ1) is 10.2. The highest BCUT2D eigenvalue weighted by Crippen LogP contribution is 2.23. The summed E-state index contributed by atoms with van der Waals surface area (Å²) in [6.07, 6.45) is 3.29. The van der Waals surface area contributed by atoms with Crippen LogP contribution in [0.3, 0.4) is 0 Å². The average molecular weight is 287 g/mol. The van der Waals surface area contributed by atoms with Crippen molar-refractivity contribution >= 4 is 12.2 Å². The quantitative estimate of drug-likeness (QED) is 0.827. The Hall–Kier alpha value is -2.11. The molecule has 0 aliphatic carbocycles. The van der Waals surface area contributed by atoms with E-state index in [0.29, 0.717) is 18.1 Å². The lowest BCUT2D eigenvalue weighted by atomic mass is 10.1. The van der Waals surface area contributed by atoms with Gasteiger partial charge in [-0.05, 0) is 25.1 Å². The van der Waals surface area contributed by atoms with Crippen molar-refractivity contribution in [1.82, 2.24) is 5.16 Å². The second kappa shape index (κ2) is 6.11. The van der Waals surface area contributed by atoms with Crippen LogP contribution in [0.25, 0.3) is 12.2 Å². The third-order valence-electron chi connectivity index (χ3n) is 3.15. The predicted octanol–water partition coefficient (Wildman–Crippen LogP) is 2.68. The molecule has 0 spiro atoms. The van der Waals surface area contributed by atoms with Crippen LogP contribution in [0.4, 0.5) is 0 Å². The molecule has 0 bridgehead atoms. The average Bonchev–Trinajstić information content (AvgIpc) is 3.19. The molecule has 3 rings (SSSR count). The molecule has 21 heavy (non-hydrogen) atoms. The second-order valence-corrected chi connectivity index (χ2v) is 4.97. The maximum atomic E-state index is 9.42. The topological polar surface area (TPSA) is 68.0 Å². The van der Waals surface area contributed by atoms with Crippen molar-refractivity contribution in [3.8, 4) is 5.75 Å². The number of epoxide rings is 1. The molecule has 0 amide bonds. The van der Waals surface area contributed by atoms with Crippen LogP contribution >= 0.6 is 0 Å². The van der Waals surface area contributed by atoms with Crippen molar-refractivity contribution in [2.45, 2.75) is 19.1 Å². The smallest absolute Gasteiger partial charge is 0.160 e. The van der Waals surface area contributed by atoms with Crippen LogP contribution in [0.5, 0.6) is 5.75 Å². The Kier molecular flexibility index (Phi) is 4.03. The van der Waals surface area contributed by atoms with Crippen molar-refractivity contribution in [3.63, 3.8) is 0 Å². The van der Waals surface area contributed by atoms with Gasteiger partial charge in [-0.1, -0.05) is 23.4 Å². The highest BCUT2D eigenvalue weighted by molar-refractivity contribution is 5.70. The standard InChI is InChI=1S/C16H17NO4/c1-11(18)15-8-13(21-17-15)7-6-12-4-2-3-5-16(12)20-10-14-9-19-14/h2-8,11,14,18H,9-10H2,1H3/b7-6+. The van der Waals surface area contributed by atoms with E-state index in [-0.39, 0.29) is 6.10 Å². The van der Waals surface area contributed by atoms with Gasteiger partial charge in [0.1, 0.15) is 24.2 Å². The van der Waals surface area contributed by atoms with Crippen molar-refractivity contribution in [2.75, 3.05) is 13.2 Å². The third kappa shape index (κ3) is 3.71. The first-order valence-corrected chi connectivity index (χ1v) is 6.88. The fraction of sp³-hybridized carbons (Fsp3) is 0.312. The fourth-order valence-electron chi connectivity index (χ4n) is 1.85. The SMILES string of the molecule is CC(O)c1cc(/C=C/c2ccccc2OCC2CO2)on1. The normalized spacial score (nSPS) is 18.9. The van der Waals surface area contributed by atoms with Crippen LogP contribution in [-0.2, 0) is 4.74 Å². The maximum Gasteiger partial charge on any atom is 0.160 e. The van der Waals surface area contributed by atoms with Crippen LogP contribution in [0.1, 0.15) is 30.0 Å². The number of nitrogens with zero attached hydrogens (tertiary/aromatic N) is 1. The summed E-state index contributed by atoms with van der Waals surface area (Å²) in [4.78, 5) is 0. The molecule has 2 heterocycles. The minimum absolute atomic E-state index is 0.227. The zero-order chi connectivity index (χ0) is 14.7. The first kappa shape index (κ1) is 13.9. The Morgan fingerprint density at radius 3 is 2.95 bits per heavy atom. The molecule has 0 radical (unpaired) electrons. The van der Waals surface area contributed by atoms with Crippen LogP contribution in [0, 0.1) is 0 Å². The van der Waals surface area contributed by atoms with E-state index >= 15 is 0 Å². The summed E-state index contributed by atoms with van der Waals surface area (Å²) in [6.45, 7) is 2.99. The number of benzene rings is 1. The Balaban J connectivity index is 1.71. The van der Waals surface area contributed by atoms with Crippen LogP contribution in [-0.4, -0.2) is 29.6 Å². The van der Waals surface area contributed by atoms with E-state index in [1.54, 1.807) is 19.1 Å². The Morgan fingerprint density at radius 2 is 2.24 bits per heavy atom. The molecular weight excluding hydrogens is 270 g/mol. The van der Waals surface area contributed by atoms with Crippen LogP contribution in [0.2, 0.25) is 0 Å². The van der Waals surface area contributed by atoms with Gasteiger partial charge in [-0.2, -0.15) is 0 Å². The molecule has 5 nitrogen and oxygen atoms in total. The number of aliphatic hydroxyl groups excluding tert-OH is 1. The number of ether oxygens (including phenoxy) is 2. The molecule has 1 aromatic carbocycles. The van der Waals surface area contributed by atoms with E-state index < -0.39 is 6.10 Å². The monoisotopic (exact) mass is 287 g/mol. The van der Waals surface area contributed by atoms with Crippen molar-refractivity contribution in [3.05, 3.63) is 47.3 Å². The molecular formula is C16H17NO4. The first-order valence-electron chi connectivity index (χ1n) is 6.88. The highest BCUT2D eigenvalue weighted by Gasteiger charge is 2.23. The second-order valence-electron chi connectivity index (χ2n) is 4.97. The van der Waals surface area contributed by atoms with Gasteiger partial charge >= 0.3 is 0 Å². The van der Waals surface area contributed by atoms with Gasteiger partial charge in [-0.3, -0.25) is 0 Å². The fourth-order valence-corrected chi connectivity index (χ4v) is 1.85. The van der Waals surface area contributed by atoms with Crippen LogP contribution in [0.15, 0.2) is 34.9 Å².